The molecular weight excluding hydrogens is 549 g/mol. The van der Waals surface area contributed by atoms with Crippen LogP contribution in [-0.2, 0) is 35.7 Å². The van der Waals surface area contributed by atoms with Crippen LogP contribution >= 0.6 is 0 Å². The summed E-state index contributed by atoms with van der Waals surface area (Å²) in [5, 5.41) is 9.70. The van der Waals surface area contributed by atoms with Crippen molar-refractivity contribution >= 4 is 26.1 Å². The highest BCUT2D eigenvalue weighted by atomic mass is 32.2. The van der Waals surface area contributed by atoms with Gasteiger partial charge >= 0.3 is 5.97 Å². The maximum absolute atomic E-state index is 13.6. The quantitative estimate of drug-likeness (QED) is 0.222. The van der Waals surface area contributed by atoms with Gasteiger partial charge in [-0.2, -0.15) is 12.7 Å². The number of aryl methyl sites for hydroxylation is 1. The van der Waals surface area contributed by atoms with Crippen molar-refractivity contribution in [1.82, 2.24) is 4.31 Å². The molecule has 1 N–H and O–H groups in total. The Morgan fingerprint density at radius 3 is 2.08 bits per heavy atom. The van der Waals surface area contributed by atoms with Crippen LogP contribution < -0.4 is 4.74 Å². The van der Waals surface area contributed by atoms with Gasteiger partial charge in [-0.05, 0) is 48.9 Å². The van der Waals surface area contributed by atoms with Gasteiger partial charge < -0.3 is 9.84 Å². The average molecular weight is 578 g/mol. The summed E-state index contributed by atoms with van der Waals surface area (Å²) in [6, 6.07) is 17.9. The van der Waals surface area contributed by atoms with Crippen molar-refractivity contribution in [2.45, 2.75) is 35.7 Å². The van der Waals surface area contributed by atoms with Crippen molar-refractivity contribution in [3.8, 4) is 5.75 Å². The normalized spacial score (nSPS) is 12.7. The molecule has 0 aliphatic heterocycles. The number of benzene rings is 3. The zero-order valence-electron chi connectivity index (χ0n) is 21.1. The number of hydrogen-bond donors (Lipinski definition) is 1. The van der Waals surface area contributed by atoms with E-state index in [0.717, 1.165) is 9.87 Å². The van der Waals surface area contributed by atoms with Crippen LogP contribution in [0.1, 0.15) is 17.5 Å². The fourth-order valence-electron chi connectivity index (χ4n) is 3.57. The lowest BCUT2D eigenvalue weighted by Crippen LogP contribution is -2.44. The maximum atomic E-state index is 13.6. The fourth-order valence-corrected chi connectivity index (χ4v) is 6.03. The Morgan fingerprint density at radius 2 is 1.51 bits per heavy atom. The standard InChI is InChI=1S/C27H28FNO8S2/c1-20-8-12-25(13-9-20)39(34,35)37-17-16-36-23-10-14-24(15-11-23)38(32,33)29(19-22-6-4-3-5-7-22)26(27(30)31)18-21(2)28/h3-15,26H,2,16-19H2,1H3,(H,30,31). The van der Waals surface area contributed by atoms with Crippen LogP contribution in [0.2, 0.25) is 0 Å². The number of nitrogens with zero attached hydrogens (tertiary/aromatic N) is 1. The van der Waals surface area contributed by atoms with E-state index in [-0.39, 0.29) is 35.3 Å². The van der Waals surface area contributed by atoms with Gasteiger partial charge in [0.05, 0.1) is 15.6 Å². The van der Waals surface area contributed by atoms with E-state index in [2.05, 4.69) is 6.58 Å². The summed E-state index contributed by atoms with van der Waals surface area (Å²) < 4.78 is 76.3. The SMILES string of the molecule is C=C(F)CC(C(=O)O)N(Cc1ccccc1)S(=O)(=O)c1ccc(OCCOS(=O)(=O)c2ccc(C)cc2)cc1. The Hall–Kier alpha value is -3.58. The van der Waals surface area contributed by atoms with E-state index in [9.17, 15) is 31.1 Å². The predicted molar refractivity (Wildman–Crippen MR) is 142 cm³/mol. The molecule has 0 saturated carbocycles. The van der Waals surface area contributed by atoms with E-state index in [1.807, 2.05) is 6.92 Å². The molecule has 0 fully saturated rings. The number of halogens is 1. The van der Waals surface area contributed by atoms with Crippen LogP contribution in [0, 0.1) is 6.92 Å². The van der Waals surface area contributed by atoms with Crippen molar-refractivity contribution in [3.05, 3.63) is 102 Å². The molecule has 208 valence electrons. The summed E-state index contributed by atoms with van der Waals surface area (Å²) >= 11 is 0. The number of hydrogen-bond acceptors (Lipinski definition) is 7. The lowest BCUT2D eigenvalue weighted by atomic mass is 10.1. The van der Waals surface area contributed by atoms with Crippen LogP contribution in [0.4, 0.5) is 4.39 Å². The largest absolute Gasteiger partial charge is 0.491 e. The van der Waals surface area contributed by atoms with Gasteiger partial charge in [0.25, 0.3) is 10.1 Å². The van der Waals surface area contributed by atoms with E-state index >= 15 is 0 Å². The molecule has 1 unspecified atom stereocenters. The zero-order valence-corrected chi connectivity index (χ0v) is 22.7. The number of carboxylic acids is 1. The Balaban J connectivity index is 1.72. The lowest BCUT2D eigenvalue weighted by molar-refractivity contribution is -0.141. The molecule has 9 nitrogen and oxygen atoms in total. The summed E-state index contributed by atoms with van der Waals surface area (Å²) in [4.78, 5) is 11.7. The summed E-state index contributed by atoms with van der Waals surface area (Å²) in [6.45, 7) is 4.18. The highest BCUT2D eigenvalue weighted by Crippen LogP contribution is 2.26. The Morgan fingerprint density at radius 1 is 0.923 bits per heavy atom. The van der Waals surface area contributed by atoms with Crippen molar-refractivity contribution in [1.29, 1.82) is 0 Å². The molecule has 0 spiro atoms. The third-order valence-corrected chi connectivity index (χ3v) is 8.75. The van der Waals surface area contributed by atoms with E-state index < -0.39 is 44.4 Å². The molecule has 1 atom stereocenters. The number of ether oxygens (including phenoxy) is 1. The summed E-state index contributed by atoms with van der Waals surface area (Å²) in [5.41, 5.74) is 1.41. The summed E-state index contributed by atoms with van der Waals surface area (Å²) in [5.74, 6) is -2.26. The molecule has 0 saturated heterocycles. The Kier molecular flexibility index (Phi) is 9.97. The molecule has 0 aromatic heterocycles. The minimum atomic E-state index is -4.40. The molecule has 0 radical (unpaired) electrons. The molecule has 0 amide bonds. The first-order chi connectivity index (χ1) is 18.4. The lowest BCUT2D eigenvalue weighted by Gasteiger charge is -2.28. The van der Waals surface area contributed by atoms with Crippen molar-refractivity contribution < 1.29 is 40.0 Å². The van der Waals surface area contributed by atoms with Gasteiger partial charge in [0.15, 0.2) is 0 Å². The van der Waals surface area contributed by atoms with Gasteiger partial charge in [0.2, 0.25) is 10.0 Å². The third kappa shape index (κ3) is 8.20. The number of carbonyl (C=O) groups is 1. The monoisotopic (exact) mass is 577 g/mol. The second-order valence-corrected chi connectivity index (χ2v) is 12.0. The molecule has 0 heterocycles. The minimum absolute atomic E-state index is 0.0127. The second kappa shape index (κ2) is 13.0. The van der Waals surface area contributed by atoms with Gasteiger partial charge in [0, 0.05) is 13.0 Å². The topological polar surface area (TPSA) is 127 Å². The number of rotatable bonds is 14. The molecular formula is C27H28FNO8S2. The molecule has 0 bridgehead atoms. The van der Waals surface area contributed by atoms with Gasteiger partial charge in [-0.1, -0.05) is 54.6 Å². The first kappa shape index (κ1) is 30.0. The Labute approximate surface area is 227 Å². The molecule has 0 aliphatic carbocycles. The number of carboxylic acid groups (broad SMARTS) is 1. The van der Waals surface area contributed by atoms with Crippen LogP contribution in [0.5, 0.6) is 5.75 Å². The summed E-state index contributed by atoms with van der Waals surface area (Å²) in [6.07, 6.45) is -0.714. The van der Waals surface area contributed by atoms with Crippen molar-refractivity contribution in [3.63, 3.8) is 0 Å². The van der Waals surface area contributed by atoms with Gasteiger partial charge in [-0.3, -0.25) is 8.98 Å². The highest BCUT2D eigenvalue weighted by molar-refractivity contribution is 7.89. The number of aliphatic carboxylic acids is 1. The molecule has 12 heteroatoms. The first-order valence-electron chi connectivity index (χ1n) is 11.7. The van der Waals surface area contributed by atoms with Crippen LogP contribution in [0.15, 0.2) is 101 Å². The molecule has 39 heavy (non-hydrogen) atoms. The van der Waals surface area contributed by atoms with Crippen LogP contribution in [-0.4, -0.2) is 51.5 Å². The van der Waals surface area contributed by atoms with Crippen LogP contribution in [0.3, 0.4) is 0 Å². The zero-order chi connectivity index (χ0) is 28.6. The number of sulfonamides is 1. The Bertz CT molecular complexity index is 1490. The third-order valence-electron chi connectivity index (χ3n) is 5.56. The van der Waals surface area contributed by atoms with Crippen molar-refractivity contribution in [2.24, 2.45) is 0 Å². The fraction of sp³-hybridized carbons (Fsp3) is 0.222. The van der Waals surface area contributed by atoms with E-state index in [4.69, 9.17) is 8.92 Å². The van der Waals surface area contributed by atoms with E-state index in [1.165, 1.54) is 36.4 Å². The minimum Gasteiger partial charge on any atom is -0.491 e. The van der Waals surface area contributed by atoms with Gasteiger partial charge in [-0.25, -0.2) is 12.8 Å². The second-order valence-electron chi connectivity index (χ2n) is 8.52. The van der Waals surface area contributed by atoms with Crippen LogP contribution in [0.25, 0.3) is 0 Å². The molecule has 0 aliphatic rings. The smallest absolute Gasteiger partial charge is 0.322 e. The van der Waals surface area contributed by atoms with Crippen molar-refractivity contribution in [2.75, 3.05) is 13.2 Å². The maximum Gasteiger partial charge on any atom is 0.322 e. The highest BCUT2D eigenvalue weighted by Gasteiger charge is 2.36. The van der Waals surface area contributed by atoms with E-state index in [1.54, 1.807) is 42.5 Å². The molecule has 3 aromatic rings. The molecule has 3 rings (SSSR count). The van der Waals surface area contributed by atoms with E-state index in [0.29, 0.717) is 5.56 Å². The molecule has 3 aromatic carbocycles. The summed E-state index contributed by atoms with van der Waals surface area (Å²) in [7, 11) is -8.36. The predicted octanol–water partition coefficient (Wildman–Crippen LogP) is 4.30. The van der Waals surface area contributed by atoms with Gasteiger partial charge in [0.1, 0.15) is 25.0 Å². The van der Waals surface area contributed by atoms with Gasteiger partial charge in [-0.15, -0.1) is 0 Å². The first-order valence-corrected chi connectivity index (χ1v) is 14.6. The average Bonchev–Trinajstić information content (AvgIpc) is 2.89.